The van der Waals surface area contributed by atoms with Crippen molar-refractivity contribution in [3.8, 4) is 5.75 Å². The molecule has 0 saturated carbocycles. The standard InChI is InChI=1S/C14H18FNO.C2HF3O2/c1-9-2-5-14(13(15)6-9)17-12-7-10-3-4-11(8-12)16-10;3-2(4,5)1(6)7/h2,5-6,10-12,16H,3-4,7-8H2,1H3;(H,6,7)/t10-,11+,12-;. The number of carboxylic acid groups (broad SMARTS) is 1. The molecule has 134 valence electrons. The molecule has 1 aromatic carbocycles. The fourth-order valence-electron chi connectivity index (χ4n) is 2.98. The van der Waals surface area contributed by atoms with Crippen LogP contribution in [-0.4, -0.2) is 35.4 Å². The number of carbonyl (C=O) groups is 1. The maximum Gasteiger partial charge on any atom is 0.490 e. The average molecular weight is 349 g/mol. The predicted octanol–water partition coefficient (Wildman–Crippen LogP) is 3.43. The lowest BCUT2D eigenvalue weighted by molar-refractivity contribution is -0.192. The molecule has 2 fully saturated rings. The van der Waals surface area contributed by atoms with Crippen molar-refractivity contribution in [3.05, 3.63) is 29.6 Å². The Kier molecular flexibility index (Phi) is 5.69. The molecule has 2 bridgehead atoms. The Bertz CT molecular complexity index is 579. The van der Waals surface area contributed by atoms with Crippen molar-refractivity contribution in [2.24, 2.45) is 0 Å². The van der Waals surface area contributed by atoms with Crippen LogP contribution in [0, 0.1) is 12.7 Å². The van der Waals surface area contributed by atoms with Gasteiger partial charge in [0, 0.05) is 12.1 Å². The average Bonchev–Trinajstić information content (AvgIpc) is 2.81. The topological polar surface area (TPSA) is 58.6 Å². The number of rotatable bonds is 2. The molecule has 24 heavy (non-hydrogen) atoms. The molecule has 2 aliphatic heterocycles. The highest BCUT2D eigenvalue weighted by Gasteiger charge is 2.38. The van der Waals surface area contributed by atoms with Crippen LogP contribution in [0.15, 0.2) is 18.2 Å². The summed E-state index contributed by atoms with van der Waals surface area (Å²) in [7, 11) is 0. The summed E-state index contributed by atoms with van der Waals surface area (Å²) in [6.07, 6.45) is -0.430. The second kappa shape index (κ2) is 7.38. The molecule has 0 aromatic heterocycles. The first-order valence-electron chi connectivity index (χ1n) is 7.64. The SMILES string of the molecule is Cc1ccc(O[C@@H]2C[C@H]3CC[C@@H](C2)N3)c(F)c1.O=C(O)C(F)(F)F. The highest BCUT2D eigenvalue weighted by atomic mass is 19.4. The number of hydrogen-bond acceptors (Lipinski definition) is 3. The molecular weight excluding hydrogens is 330 g/mol. The summed E-state index contributed by atoms with van der Waals surface area (Å²) in [5.41, 5.74) is 0.931. The van der Waals surface area contributed by atoms with Gasteiger partial charge in [-0.2, -0.15) is 13.2 Å². The van der Waals surface area contributed by atoms with Crippen LogP contribution < -0.4 is 10.1 Å². The number of aryl methyl sites for hydroxylation is 1. The third-order valence-electron chi connectivity index (χ3n) is 4.05. The zero-order valence-electron chi connectivity index (χ0n) is 13.1. The maximum absolute atomic E-state index is 13.7. The Morgan fingerprint density at radius 2 is 1.79 bits per heavy atom. The zero-order chi connectivity index (χ0) is 17.9. The number of aliphatic carboxylic acids is 1. The van der Waals surface area contributed by atoms with E-state index in [0.29, 0.717) is 17.8 Å². The number of hydrogen-bond donors (Lipinski definition) is 2. The molecule has 0 aliphatic carbocycles. The van der Waals surface area contributed by atoms with E-state index in [2.05, 4.69) is 5.32 Å². The molecule has 2 saturated heterocycles. The van der Waals surface area contributed by atoms with Crippen LogP contribution in [0.25, 0.3) is 0 Å². The van der Waals surface area contributed by atoms with Crippen molar-refractivity contribution >= 4 is 5.97 Å². The number of carboxylic acids is 1. The molecular formula is C16H19F4NO3. The van der Waals surface area contributed by atoms with Crippen LogP contribution in [0.1, 0.15) is 31.2 Å². The fourth-order valence-corrected chi connectivity index (χ4v) is 2.98. The van der Waals surface area contributed by atoms with Crippen molar-refractivity contribution in [2.75, 3.05) is 0 Å². The highest BCUT2D eigenvalue weighted by molar-refractivity contribution is 5.73. The van der Waals surface area contributed by atoms with Gasteiger partial charge in [-0.15, -0.1) is 0 Å². The monoisotopic (exact) mass is 349 g/mol. The first-order chi connectivity index (χ1) is 11.1. The van der Waals surface area contributed by atoms with Gasteiger partial charge in [-0.25, -0.2) is 9.18 Å². The predicted molar refractivity (Wildman–Crippen MR) is 78.4 cm³/mol. The number of piperidine rings is 1. The van der Waals surface area contributed by atoms with Gasteiger partial charge >= 0.3 is 12.1 Å². The molecule has 3 rings (SSSR count). The summed E-state index contributed by atoms with van der Waals surface area (Å²) in [4.78, 5) is 8.90. The summed E-state index contributed by atoms with van der Waals surface area (Å²) in [6.45, 7) is 1.89. The van der Waals surface area contributed by atoms with E-state index < -0.39 is 12.1 Å². The lowest BCUT2D eigenvalue weighted by Gasteiger charge is -2.29. The first-order valence-corrected chi connectivity index (χ1v) is 7.64. The van der Waals surface area contributed by atoms with Gasteiger partial charge < -0.3 is 15.2 Å². The van der Waals surface area contributed by atoms with Crippen LogP contribution in [0.3, 0.4) is 0 Å². The largest absolute Gasteiger partial charge is 0.490 e. The second-order valence-electron chi connectivity index (χ2n) is 6.09. The van der Waals surface area contributed by atoms with Gasteiger partial charge in [-0.3, -0.25) is 0 Å². The smallest absolute Gasteiger partial charge is 0.487 e. The van der Waals surface area contributed by atoms with Gasteiger partial charge in [0.15, 0.2) is 11.6 Å². The second-order valence-corrected chi connectivity index (χ2v) is 6.09. The summed E-state index contributed by atoms with van der Waals surface area (Å²) >= 11 is 0. The lowest BCUT2D eigenvalue weighted by atomic mass is 10.0. The number of halogens is 4. The molecule has 1 aromatic rings. The summed E-state index contributed by atoms with van der Waals surface area (Å²) in [6, 6.07) is 6.33. The van der Waals surface area contributed by atoms with Gasteiger partial charge in [-0.05, 0) is 50.3 Å². The Morgan fingerprint density at radius 1 is 1.25 bits per heavy atom. The van der Waals surface area contributed by atoms with E-state index in [1.54, 1.807) is 6.07 Å². The molecule has 3 atom stereocenters. The zero-order valence-corrected chi connectivity index (χ0v) is 13.1. The van der Waals surface area contributed by atoms with Gasteiger partial charge in [0.25, 0.3) is 0 Å². The van der Waals surface area contributed by atoms with E-state index in [9.17, 15) is 17.6 Å². The molecule has 0 spiro atoms. The quantitative estimate of drug-likeness (QED) is 0.803. The maximum atomic E-state index is 13.7. The third-order valence-corrected chi connectivity index (χ3v) is 4.05. The molecule has 0 radical (unpaired) electrons. The molecule has 4 nitrogen and oxygen atoms in total. The number of ether oxygens (including phenoxy) is 1. The summed E-state index contributed by atoms with van der Waals surface area (Å²) in [5, 5.41) is 10.7. The van der Waals surface area contributed by atoms with E-state index in [1.165, 1.54) is 18.9 Å². The van der Waals surface area contributed by atoms with Gasteiger partial charge in [0.2, 0.25) is 0 Å². The van der Waals surface area contributed by atoms with E-state index >= 15 is 0 Å². The molecule has 2 N–H and O–H groups in total. The Morgan fingerprint density at radius 3 is 2.25 bits per heavy atom. The van der Waals surface area contributed by atoms with Crippen molar-refractivity contribution in [2.45, 2.75) is 57.0 Å². The van der Waals surface area contributed by atoms with Crippen LogP contribution in [0.2, 0.25) is 0 Å². The highest BCUT2D eigenvalue weighted by Crippen LogP contribution is 2.30. The van der Waals surface area contributed by atoms with Gasteiger partial charge in [0.1, 0.15) is 6.10 Å². The van der Waals surface area contributed by atoms with Gasteiger partial charge in [0.05, 0.1) is 0 Å². The van der Waals surface area contributed by atoms with E-state index in [4.69, 9.17) is 14.6 Å². The van der Waals surface area contributed by atoms with Crippen molar-refractivity contribution in [1.29, 1.82) is 0 Å². The van der Waals surface area contributed by atoms with Gasteiger partial charge in [-0.1, -0.05) is 6.07 Å². The number of fused-ring (bicyclic) bond motifs is 2. The molecule has 2 aliphatic rings. The molecule has 0 amide bonds. The Balaban J connectivity index is 0.000000256. The summed E-state index contributed by atoms with van der Waals surface area (Å²) < 4.78 is 51.2. The molecule has 2 heterocycles. The van der Waals surface area contributed by atoms with Crippen molar-refractivity contribution in [1.82, 2.24) is 5.32 Å². The Labute approximate surface area is 136 Å². The third kappa shape index (κ3) is 5.09. The number of nitrogens with one attached hydrogen (secondary N) is 1. The minimum Gasteiger partial charge on any atom is -0.487 e. The molecule has 8 heteroatoms. The van der Waals surface area contributed by atoms with Crippen LogP contribution in [-0.2, 0) is 4.79 Å². The first kappa shape index (κ1) is 18.5. The minimum absolute atomic E-state index is 0.172. The van der Waals surface area contributed by atoms with Crippen LogP contribution >= 0.6 is 0 Å². The van der Waals surface area contributed by atoms with Crippen LogP contribution in [0.4, 0.5) is 17.6 Å². The fraction of sp³-hybridized carbons (Fsp3) is 0.562. The number of alkyl halides is 3. The van der Waals surface area contributed by atoms with Crippen LogP contribution in [0.5, 0.6) is 5.75 Å². The van der Waals surface area contributed by atoms with E-state index in [1.807, 2.05) is 13.0 Å². The molecule has 0 unspecified atom stereocenters. The van der Waals surface area contributed by atoms with E-state index in [-0.39, 0.29) is 11.9 Å². The van der Waals surface area contributed by atoms with Crippen molar-refractivity contribution in [3.63, 3.8) is 0 Å². The number of benzene rings is 1. The summed E-state index contributed by atoms with van der Waals surface area (Å²) in [5.74, 6) is -2.59. The van der Waals surface area contributed by atoms with Crippen molar-refractivity contribution < 1.29 is 32.2 Å². The minimum atomic E-state index is -5.08. The van der Waals surface area contributed by atoms with E-state index in [0.717, 1.165) is 18.4 Å². The normalized spacial score (nSPS) is 25.6. The lowest BCUT2D eigenvalue weighted by Crippen LogP contribution is -2.42. The Hall–Kier alpha value is -1.83.